The van der Waals surface area contributed by atoms with Gasteiger partial charge in [-0.25, -0.2) is 4.79 Å². The van der Waals surface area contributed by atoms with Crippen molar-refractivity contribution in [2.75, 3.05) is 35.0 Å². The van der Waals surface area contributed by atoms with Crippen molar-refractivity contribution in [3.8, 4) is 29.1 Å². The van der Waals surface area contributed by atoms with Crippen LogP contribution in [0.4, 0.5) is 0 Å². The second-order valence-corrected chi connectivity index (χ2v) is 9.29. The van der Waals surface area contributed by atoms with Gasteiger partial charge in [0.05, 0.1) is 62.7 Å². The third-order valence-electron chi connectivity index (χ3n) is 6.21. The van der Waals surface area contributed by atoms with E-state index < -0.39 is 17.4 Å². The Balaban J connectivity index is 2.05. The van der Waals surface area contributed by atoms with Crippen molar-refractivity contribution in [2.24, 2.45) is 5.73 Å². The van der Waals surface area contributed by atoms with Gasteiger partial charge in [0.1, 0.15) is 10.5 Å². The van der Waals surface area contributed by atoms with Crippen LogP contribution in [0.2, 0.25) is 0 Å². The molecule has 1 aliphatic rings. The molecule has 0 saturated heterocycles. The molecule has 0 unspecified atom stereocenters. The molecule has 1 atom stereocenters. The van der Waals surface area contributed by atoms with Crippen molar-refractivity contribution in [2.45, 2.75) is 12.8 Å². The van der Waals surface area contributed by atoms with Crippen LogP contribution >= 0.6 is 11.3 Å². The van der Waals surface area contributed by atoms with Gasteiger partial charge >= 0.3 is 5.97 Å². The van der Waals surface area contributed by atoms with E-state index in [-0.39, 0.29) is 28.2 Å². The number of carbonyl (C=O) groups is 1. The van der Waals surface area contributed by atoms with Crippen molar-refractivity contribution >= 4 is 34.8 Å². The third-order valence-corrected chi connectivity index (χ3v) is 7.32. The number of ether oxygens (including phenoxy) is 5. The molecule has 0 amide bonds. The fraction of sp³-hybridized carbons (Fsp3) is 0.250. The Bertz CT molecular complexity index is 1700. The highest BCUT2D eigenvalue weighted by molar-refractivity contribution is 7.07. The molecule has 39 heavy (non-hydrogen) atoms. The molecule has 0 saturated carbocycles. The van der Waals surface area contributed by atoms with Crippen molar-refractivity contribution in [3.05, 3.63) is 72.6 Å². The van der Waals surface area contributed by atoms with Crippen LogP contribution in [0.25, 0.3) is 17.5 Å². The summed E-state index contributed by atoms with van der Waals surface area (Å²) >= 11 is 1.08. The third kappa shape index (κ3) is 4.82. The van der Waals surface area contributed by atoms with Crippen LogP contribution in [0.3, 0.4) is 0 Å². The van der Waals surface area contributed by atoms with Crippen LogP contribution in [-0.2, 0) is 9.53 Å². The number of hydrogen-bond acceptors (Lipinski definition) is 10. The second kappa shape index (κ2) is 11.4. The fourth-order valence-corrected chi connectivity index (χ4v) is 5.58. The number of esters is 1. The highest BCUT2D eigenvalue weighted by Crippen LogP contribution is 2.40. The van der Waals surface area contributed by atoms with Gasteiger partial charge in [-0.3, -0.25) is 9.36 Å². The molecule has 0 bridgehead atoms. The van der Waals surface area contributed by atoms with Crippen LogP contribution in [0, 0.1) is 11.3 Å². The number of benzene rings is 2. The van der Waals surface area contributed by atoms with Gasteiger partial charge in [-0.1, -0.05) is 12.1 Å². The monoisotopic (exact) mass is 549 g/mol. The number of aromatic nitrogens is 1. The van der Waals surface area contributed by atoms with E-state index >= 15 is 0 Å². The van der Waals surface area contributed by atoms with Gasteiger partial charge in [-0.05, 0) is 48.4 Å². The minimum Gasteiger partial charge on any atom is -0.493 e. The Hall–Kier alpha value is -4.69. The minimum absolute atomic E-state index is 0.0374. The first kappa shape index (κ1) is 27.3. The quantitative estimate of drug-likeness (QED) is 0.418. The summed E-state index contributed by atoms with van der Waals surface area (Å²) in [5.74, 6) is 0.292. The summed E-state index contributed by atoms with van der Waals surface area (Å²) in [6.45, 7) is 1.78. The Morgan fingerprint density at radius 1 is 1.03 bits per heavy atom. The van der Waals surface area contributed by atoms with Gasteiger partial charge in [0.15, 0.2) is 23.0 Å². The Kier molecular flexibility index (Phi) is 7.97. The van der Waals surface area contributed by atoms with Crippen molar-refractivity contribution in [1.82, 2.24) is 4.57 Å². The van der Waals surface area contributed by atoms with Crippen molar-refractivity contribution in [3.63, 3.8) is 0 Å². The first-order chi connectivity index (χ1) is 18.8. The number of rotatable bonds is 8. The molecule has 11 heteroatoms. The lowest BCUT2D eigenvalue weighted by molar-refractivity contribution is -0.136. The molecule has 3 aromatic rings. The number of thiazole rings is 1. The lowest BCUT2D eigenvalue weighted by Crippen LogP contribution is -2.40. The summed E-state index contributed by atoms with van der Waals surface area (Å²) in [7, 11) is 6.04. The van der Waals surface area contributed by atoms with Gasteiger partial charge in [0.2, 0.25) is 0 Å². The predicted molar refractivity (Wildman–Crippen MR) is 146 cm³/mol. The van der Waals surface area contributed by atoms with Gasteiger partial charge in [-0.15, -0.1) is 11.3 Å². The molecular formula is C28H27N3O7S. The van der Waals surface area contributed by atoms with Gasteiger partial charge in [0, 0.05) is 0 Å². The molecule has 202 valence electrons. The van der Waals surface area contributed by atoms with E-state index in [1.54, 1.807) is 49.4 Å². The molecular weight excluding hydrogens is 522 g/mol. The zero-order valence-corrected chi connectivity index (χ0v) is 22.9. The molecule has 10 nitrogen and oxygen atoms in total. The van der Waals surface area contributed by atoms with Gasteiger partial charge < -0.3 is 29.4 Å². The summed E-state index contributed by atoms with van der Waals surface area (Å²) < 4.78 is 28.6. The predicted octanol–water partition coefficient (Wildman–Crippen LogP) is 1.94. The number of fused-ring (bicyclic) bond motifs is 1. The lowest BCUT2D eigenvalue weighted by Gasteiger charge is -2.25. The van der Waals surface area contributed by atoms with Gasteiger partial charge in [-0.2, -0.15) is 5.26 Å². The summed E-state index contributed by atoms with van der Waals surface area (Å²) in [4.78, 5) is 27.0. The molecule has 2 N–H and O–H groups in total. The maximum Gasteiger partial charge on any atom is 0.338 e. The van der Waals surface area contributed by atoms with Crippen LogP contribution < -0.4 is 39.4 Å². The Morgan fingerprint density at radius 2 is 1.64 bits per heavy atom. The first-order valence-electron chi connectivity index (χ1n) is 11.8. The SMILES string of the molecule is CCOC(=O)C1=c2s/c(=C\c3ccc(OC)c(OC)c3)c(=O)n2C(N)=C(C#N)[C@H]1c1ccc(OC)c(OC)c1. The largest absolute Gasteiger partial charge is 0.493 e. The first-order valence-corrected chi connectivity index (χ1v) is 12.6. The molecule has 2 aromatic carbocycles. The molecule has 1 aliphatic heterocycles. The molecule has 4 rings (SSSR count). The van der Waals surface area contributed by atoms with Gasteiger partial charge in [0.25, 0.3) is 5.56 Å². The van der Waals surface area contributed by atoms with Crippen molar-refractivity contribution in [1.29, 1.82) is 5.26 Å². The normalized spacial score (nSPS) is 14.9. The highest BCUT2D eigenvalue weighted by atomic mass is 32.1. The molecule has 1 aromatic heterocycles. The van der Waals surface area contributed by atoms with E-state index in [1.165, 1.54) is 33.0 Å². The van der Waals surface area contributed by atoms with Crippen LogP contribution in [-0.4, -0.2) is 45.6 Å². The average Bonchev–Trinajstić information content (AvgIpc) is 3.27. The number of allylic oxidation sites excluding steroid dienone is 1. The number of methoxy groups -OCH3 is 4. The van der Waals surface area contributed by atoms with E-state index in [4.69, 9.17) is 29.4 Å². The number of nitrogens with zero attached hydrogens (tertiary/aromatic N) is 2. The maximum atomic E-state index is 13.6. The summed E-state index contributed by atoms with van der Waals surface area (Å²) in [5.41, 5.74) is 7.35. The van der Waals surface area contributed by atoms with E-state index in [0.717, 1.165) is 11.3 Å². The highest BCUT2D eigenvalue weighted by Gasteiger charge is 2.36. The Morgan fingerprint density at radius 3 is 2.23 bits per heavy atom. The number of nitrogens with two attached hydrogens (primary N) is 1. The minimum atomic E-state index is -0.902. The summed E-state index contributed by atoms with van der Waals surface area (Å²) in [6.07, 6.45) is 1.66. The van der Waals surface area contributed by atoms with E-state index in [0.29, 0.717) is 38.7 Å². The van der Waals surface area contributed by atoms with Crippen molar-refractivity contribution < 1.29 is 28.5 Å². The number of hydrogen-bond donors (Lipinski definition) is 1. The summed E-state index contributed by atoms with van der Waals surface area (Å²) in [6, 6.07) is 12.4. The fourth-order valence-electron chi connectivity index (χ4n) is 4.41. The standard InChI is InChI=1S/C28H27N3O7S/c1-6-38-28(33)24-23(16-8-10-19(35-3)21(13-16)37-5)17(14-29)25(30)31-26(32)22(39-27(24)31)12-15-7-9-18(34-2)20(11-15)36-4/h7-13,23H,6,30H2,1-5H3/b22-12-/t23-/m1/s1. The van der Waals surface area contributed by atoms with E-state index in [2.05, 4.69) is 6.07 Å². The lowest BCUT2D eigenvalue weighted by atomic mass is 9.83. The molecule has 2 heterocycles. The maximum absolute atomic E-state index is 13.6. The van der Waals surface area contributed by atoms with Crippen LogP contribution in [0.1, 0.15) is 24.0 Å². The average molecular weight is 550 g/mol. The van der Waals surface area contributed by atoms with E-state index in [1.807, 2.05) is 0 Å². The van der Waals surface area contributed by atoms with Crippen LogP contribution in [0.5, 0.6) is 23.0 Å². The zero-order chi connectivity index (χ0) is 28.3. The number of carbonyl (C=O) groups excluding carboxylic acids is 1. The zero-order valence-electron chi connectivity index (χ0n) is 22.1. The number of nitriles is 1. The molecule has 0 spiro atoms. The molecule has 0 aliphatic carbocycles. The van der Waals surface area contributed by atoms with E-state index in [9.17, 15) is 14.9 Å². The van der Waals surface area contributed by atoms with Crippen LogP contribution in [0.15, 0.2) is 46.8 Å². The molecule has 0 fully saturated rings. The topological polar surface area (TPSA) is 135 Å². The molecule has 0 radical (unpaired) electrons. The smallest absolute Gasteiger partial charge is 0.338 e. The summed E-state index contributed by atoms with van der Waals surface area (Å²) in [5, 5.41) is 10.2. The second-order valence-electron chi connectivity index (χ2n) is 8.26. The Labute approximate surface area is 228 Å².